The van der Waals surface area contributed by atoms with E-state index in [-0.39, 0.29) is 11.7 Å². The smallest absolute Gasteiger partial charge is 0.256 e. The highest BCUT2D eigenvalue weighted by Crippen LogP contribution is 2.37. The Balaban J connectivity index is 1.29. The second kappa shape index (κ2) is 7.94. The highest BCUT2D eigenvalue weighted by Gasteiger charge is 2.43. The zero-order valence-corrected chi connectivity index (χ0v) is 19.3. The van der Waals surface area contributed by atoms with Crippen LogP contribution in [0.4, 0.5) is 10.3 Å². The summed E-state index contributed by atoms with van der Waals surface area (Å²) in [5, 5.41) is 0. The number of aromatic nitrogens is 3. The van der Waals surface area contributed by atoms with Crippen LogP contribution in [0.3, 0.4) is 0 Å². The van der Waals surface area contributed by atoms with E-state index in [0.717, 1.165) is 35.9 Å². The topological polar surface area (TPSA) is 53.7 Å². The van der Waals surface area contributed by atoms with Crippen molar-refractivity contribution in [2.24, 2.45) is 11.8 Å². The number of halogens is 1. The number of benzene rings is 1. The van der Waals surface area contributed by atoms with Gasteiger partial charge in [0.15, 0.2) is 0 Å². The fraction of sp³-hybridized carbons (Fsp3) is 0.296. The van der Waals surface area contributed by atoms with E-state index in [1.54, 1.807) is 18.2 Å². The molecule has 0 radical (unpaired) electrons. The largest absolute Gasteiger partial charge is 0.340 e. The van der Waals surface area contributed by atoms with Crippen molar-refractivity contribution in [1.82, 2.24) is 19.3 Å². The third-order valence-corrected chi connectivity index (χ3v) is 7.09. The van der Waals surface area contributed by atoms with E-state index in [1.165, 1.54) is 6.07 Å². The molecule has 2 aliphatic heterocycles. The number of nitrogens with zero attached hydrogens (tertiary/aromatic N) is 5. The third kappa shape index (κ3) is 3.43. The lowest BCUT2D eigenvalue weighted by Gasteiger charge is -2.22. The number of rotatable bonds is 3. The second-order valence-corrected chi connectivity index (χ2v) is 9.48. The lowest BCUT2D eigenvalue weighted by Crippen LogP contribution is -2.34. The molecule has 1 amide bonds. The summed E-state index contributed by atoms with van der Waals surface area (Å²) in [6.45, 7) is 7.04. The Morgan fingerprint density at radius 1 is 0.912 bits per heavy atom. The van der Waals surface area contributed by atoms with Gasteiger partial charge in [0.2, 0.25) is 5.95 Å². The highest BCUT2D eigenvalue weighted by molar-refractivity contribution is 6.07. The molecule has 6 nitrogen and oxygen atoms in total. The number of carbonyl (C=O) groups is 1. The molecule has 172 valence electrons. The Kier molecular flexibility index (Phi) is 4.86. The fourth-order valence-electron chi connectivity index (χ4n) is 5.56. The Morgan fingerprint density at radius 2 is 1.59 bits per heavy atom. The van der Waals surface area contributed by atoms with Gasteiger partial charge in [-0.3, -0.25) is 4.79 Å². The molecule has 0 saturated carbocycles. The summed E-state index contributed by atoms with van der Waals surface area (Å²) in [6, 6.07) is 14.4. The Bertz CT molecular complexity index is 1380. The predicted octanol–water partition coefficient (Wildman–Crippen LogP) is 4.36. The third-order valence-electron chi connectivity index (χ3n) is 7.09. The van der Waals surface area contributed by atoms with Crippen molar-refractivity contribution in [3.63, 3.8) is 0 Å². The zero-order valence-electron chi connectivity index (χ0n) is 19.3. The molecule has 0 bridgehead atoms. The highest BCUT2D eigenvalue weighted by atomic mass is 19.1. The average molecular weight is 456 g/mol. The normalized spacial score (nSPS) is 19.7. The van der Waals surface area contributed by atoms with Gasteiger partial charge in [0.05, 0.1) is 11.1 Å². The second-order valence-electron chi connectivity index (χ2n) is 9.48. The summed E-state index contributed by atoms with van der Waals surface area (Å²) in [5.74, 6) is 1.17. The van der Waals surface area contributed by atoms with Crippen molar-refractivity contribution in [1.29, 1.82) is 0 Å². The molecule has 0 spiro atoms. The van der Waals surface area contributed by atoms with Crippen LogP contribution in [0.15, 0.2) is 60.9 Å². The molecule has 0 unspecified atom stereocenters. The van der Waals surface area contributed by atoms with Crippen LogP contribution in [0, 0.1) is 31.5 Å². The number of carbonyl (C=O) groups excluding carboxylic acids is 1. The summed E-state index contributed by atoms with van der Waals surface area (Å²) >= 11 is 0. The van der Waals surface area contributed by atoms with Gasteiger partial charge in [-0.05, 0) is 38.1 Å². The number of likely N-dealkylation sites (tertiary alicyclic amines) is 1. The van der Waals surface area contributed by atoms with E-state index in [9.17, 15) is 9.18 Å². The number of hydrogen-bond acceptors (Lipinski definition) is 4. The van der Waals surface area contributed by atoms with Gasteiger partial charge in [0.25, 0.3) is 5.91 Å². The van der Waals surface area contributed by atoms with Crippen molar-refractivity contribution in [3.05, 3.63) is 83.7 Å². The molecule has 0 aliphatic carbocycles. The van der Waals surface area contributed by atoms with E-state index in [4.69, 9.17) is 0 Å². The molecule has 7 heteroatoms. The maximum atomic E-state index is 14.7. The Hall–Kier alpha value is -3.74. The van der Waals surface area contributed by atoms with Gasteiger partial charge in [-0.2, -0.15) is 0 Å². The van der Waals surface area contributed by atoms with Gasteiger partial charge in [-0.1, -0.05) is 24.3 Å². The molecule has 34 heavy (non-hydrogen) atoms. The first kappa shape index (κ1) is 20.8. The maximum Gasteiger partial charge on any atom is 0.256 e. The van der Waals surface area contributed by atoms with Crippen LogP contribution in [0.1, 0.15) is 21.7 Å². The number of anilines is 1. The van der Waals surface area contributed by atoms with Gasteiger partial charge in [-0.15, -0.1) is 0 Å². The fourth-order valence-corrected chi connectivity index (χ4v) is 5.56. The SMILES string of the molecule is Cc1cc(C)nc(N2C[C@H]3CN(C(=O)c4c(-c5ccccc5F)cn5ccccc45)C[C@H]3C2)n1. The maximum absolute atomic E-state index is 14.7. The van der Waals surface area contributed by atoms with Crippen LogP contribution < -0.4 is 4.90 Å². The standard InChI is InChI=1S/C27H26FN5O/c1-17-11-18(2)30-27(29-17)33-14-19-12-32(13-20(19)15-33)26(34)25-22(21-7-3-4-8-23(21)28)16-31-10-6-5-9-24(25)31/h3-11,16,19-20H,12-15H2,1-2H3/t19-,20+. The van der Waals surface area contributed by atoms with E-state index in [2.05, 4.69) is 14.9 Å². The summed E-state index contributed by atoms with van der Waals surface area (Å²) in [6.07, 6.45) is 3.76. The van der Waals surface area contributed by atoms with Gasteiger partial charge < -0.3 is 14.2 Å². The van der Waals surface area contributed by atoms with E-state index < -0.39 is 0 Å². The lowest BCUT2D eigenvalue weighted by molar-refractivity contribution is 0.0785. The molecule has 1 aromatic carbocycles. The summed E-state index contributed by atoms with van der Waals surface area (Å²) in [7, 11) is 0. The molecule has 2 atom stereocenters. The summed E-state index contributed by atoms with van der Waals surface area (Å²) < 4.78 is 16.6. The molecule has 2 fully saturated rings. The van der Waals surface area contributed by atoms with Gasteiger partial charge in [-0.25, -0.2) is 14.4 Å². The average Bonchev–Trinajstić information content (AvgIpc) is 3.50. The van der Waals surface area contributed by atoms with Gasteiger partial charge >= 0.3 is 0 Å². The first-order valence-corrected chi connectivity index (χ1v) is 11.7. The quantitative estimate of drug-likeness (QED) is 0.461. The van der Waals surface area contributed by atoms with E-state index in [1.807, 2.05) is 59.8 Å². The predicted molar refractivity (Wildman–Crippen MR) is 129 cm³/mol. The molecule has 2 saturated heterocycles. The number of amides is 1. The van der Waals surface area contributed by atoms with Crippen LogP contribution in [-0.4, -0.2) is 51.4 Å². The molecular weight excluding hydrogens is 429 g/mol. The minimum absolute atomic E-state index is 0.0319. The van der Waals surface area contributed by atoms with Crippen molar-refractivity contribution >= 4 is 17.4 Å². The minimum atomic E-state index is -0.324. The van der Waals surface area contributed by atoms with Gasteiger partial charge in [0, 0.05) is 72.9 Å². The summed E-state index contributed by atoms with van der Waals surface area (Å²) in [5.41, 5.74) is 4.40. The lowest BCUT2D eigenvalue weighted by atomic mass is 10.0. The minimum Gasteiger partial charge on any atom is -0.340 e. The van der Waals surface area contributed by atoms with Crippen molar-refractivity contribution in [3.8, 4) is 11.1 Å². The molecule has 5 heterocycles. The number of hydrogen-bond donors (Lipinski definition) is 0. The monoisotopic (exact) mass is 455 g/mol. The van der Waals surface area contributed by atoms with Crippen molar-refractivity contribution in [2.45, 2.75) is 13.8 Å². The van der Waals surface area contributed by atoms with Crippen LogP contribution in [-0.2, 0) is 0 Å². The van der Waals surface area contributed by atoms with Gasteiger partial charge in [0.1, 0.15) is 5.82 Å². The molecule has 3 aromatic heterocycles. The van der Waals surface area contributed by atoms with Crippen LogP contribution >= 0.6 is 0 Å². The first-order chi connectivity index (χ1) is 16.5. The summed E-state index contributed by atoms with van der Waals surface area (Å²) in [4.78, 5) is 27.3. The molecule has 2 aliphatic rings. The van der Waals surface area contributed by atoms with Crippen molar-refractivity contribution in [2.75, 3.05) is 31.1 Å². The zero-order chi connectivity index (χ0) is 23.4. The number of aryl methyl sites for hydroxylation is 2. The molecule has 6 rings (SSSR count). The number of fused-ring (bicyclic) bond motifs is 2. The molecule has 4 aromatic rings. The molecular formula is C27H26FN5O. The van der Waals surface area contributed by atoms with Crippen molar-refractivity contribution < 1.29 is 9.18 Å². The van der Waals surface area contributed by atoms with E-state index >= 15 is 0 Å². The molecule has 0 N–H and O–H groups in total. The Morgan fingerprint density at radius 3 is 2.29 bits per heavy atom. The number of pyridine rings is 1. The van der Waals surface area contributed by atoms with Crippen LogP contribution in [0.25, 0.3) is 16.6 Å². The van der Waals surface area contributed by atoms with E-state index in [0.29, 0.717) is 41.6 Å². The van der Waals surface area contributed by atoms with Crippen LogP contribution in [0.5, 0.6) is 0 Å². The first-order valence-electron chi connectivity index (χ1n) is 11.7. The van der Waals surface area contributed by atoms with Crippen LogP contribution in [0.2, 0.25) is 0 Å². The Labute approximate surface area is 197 Å².